The molecule has 0 aromatic heterocycles. The molecule has 0 bridgehead atoms. The molecule has 1 aliphatic rings. The average molecular weight is 370 g/mol. The van der Waals surface area contributed by atoms with Crippen molar-refractivity contribution in [3.63, 3.8) is 0 Å². The molecule has 5 nitrogen and oxygen atoms in total. The van der Waals surface area contributed by atoms with Gasteiger partial charge in [-0.05, 0) is 22.0 Å². The van der Waals surface area contributed by atoms with E-state index in [4.69, 9.17) is 4.74 Å². The molecule has 1 aliphatic heterocycles. The maximum Gasteiger partial charge on any atom is 0.307 e. The van der Waals surface area contributed by atoms with Gasteiger partial charge in [0.1, 0.15) is 16.8 Å². The molecule has 1 aromatic rings. The van der Waals surface area contributed by atoms with E-state index < -0.39 is 33.6 Å². The Bertz CT molecular complexity index is 665. The molecule has 0 saturated carbocycles. The minimum atomic E-state index is -4.82. The lowest BCUT2D eigenvalue weighted by atomic mass is 10.2. The summed E-state index contributed by atoms with van der Waals surface area (Å²) in [4.78, 5) is 12.8. The van der Waals surface area contributed by atoms with E-state index in [1.165, 1.54) is 13.2 Å². The number of carbonyl (C=O) groups is 1. The van der Waals surface area contributed by atoms with Gasteiger partial charge in [0.2, 0.25) is 5.91 Å². The van der Waals surface area contributed by atoms with E-state index in [1.54, 1.807) is 0 Å². The van der Waals surface area contributed by atoms with Crippen molar-refractivity contribution in [2.24, 2.45) is 0 Å². The maximum atomic E-state index is 13.6. The minimum Gasteiger partial charge on any atom is -0.495 e. The number of hydrogen-bond donors (Lipinski definition) is 0. The molecular formula is C11H10BrF2NO4S. The predicted molar refractivity (Wildman–Crippen MR) is 71.4 cm³/mol. The summed E-state index contributed by atoms with van der Waals surface area (Å²) in [7, 11) is -3.49. The molecular weight excluding hydrogens is 360 g/mol. The molecule has 0 aliphatic carbocycles. The second-order valence-corrected chi connectivity index (χ2v) is 6.72. The van der Waals surface area contributed by atoms with Crippen LogP contribution in [0.2, 0.25) is 0 Å². The van der Waals surface area contributed by atoms with Crippen LogP contribution in [0.5, 0.6) is 5.75 Å². The maximum absolute atomic E-state index is 13.6. The molecule has 1 aromatic carbocycles. The van der Waals surface area contributed by atoms with Crippen LogP contribution in [0.4, 0.5) is 14.0 Å². The van der Waals surface area contributed by atoms with Gasteiger partial charge in [0.15, 0.2) is 0 Å². The number of methoxy groups -OCH3 is 1. The van der Waals surface area contributed by atoms with Crippen LogP contribution in [-0.4, -0.2) is 33.2 Å². The number of hydrogen-bond acceptors (Lipinski definition) is 4. The molecule has 1 atom stereocenters. The molecule has 1 unspecified atom stereocenters. The highest BCUT2D eigenvalue weighted by Gasteiger charge is 2.40. The van der Waals surface area contributed by atoms with Crippen molar-refractivity contribution in [2.45, 2.75) is 11.7 Å². The highest BCUT2D eigenvalue weighted by atomic mass is 79.9. The van der Waals surface area contributed by atoms with Gasteiger partial charge < -0.3 is 9.64 Å². The first-order valence-electron chi connectivity index (χ1n) is 5.51. The summed E-state index contributed by atoms with van der Waals surface area (Å²) < 4.78 is 53.5. The molecule has 9 heteroatoms. The fraction of sp³-hybridized carbons (Fsp3) is 0.364. The topological polar surface area (TPSA) is 63.7 Å². The van der Waals surface area contributed by atoms with Crippen molar-refractivity contribution >= 4 is 37.7 Å². The first-order chi connectivity index (χ1) is 9.24. The molecule has 1 saturated heterocycles. The van der Waals surface area contributed by atoms with E-state index in [9.17, 15) is 21.5 Å². The molecule has 1 fully saturated rings. The van der Waals surface area contributed by atoms with E-state index in [0.717, 1.165) is 11.0 Å². The third-order valence-electron chi connectivity index (χ3n) is 3.00. The lowest BCUT2D eigenvalue weighted by molar-refractivity contribution is -0.117. The van der Waals surface area contributed by atoms with Gasteiger partial charge in [-0.25, -0.2) is 4.39 Å². The largest absolute Gasteiger partial charge is 0.495 e. The van der Waals surface area contributed by atoms with Gasteiger partial charge in [0.25, 0.3) is 0 Å². The Labute approximate surface area is 122 Å². The van der Waals surface area contributed by atoms with Gasteiger partial charge in [0.05, 0.1) is 17.3 Å². The Balaban J connectivity index is 2.42. The zero-order valence-electron chi connectivity index (χ0n) is 10.3. The fourth-order valence-electron chi connectivity index (χ4n) is 1.99. The van der Waals surface area contributed by atoms with Gasteiger partial charge >= 0.3 is 10.2 Å². The Kier molecular flexibility index (Phi) is 4.01. The number of ether oxygens (including phenoxy) is 1. The van der Waals surface area contributed by atoms with Crippen LogP contribution < -0.4 is 9.64 Å². The predicted octanol–water partition coefficient (Wildman–Crippen LogP) is 2.00. The molecule has 0 spiro atoms. The summed E-state index contributed by atoms with van der Waals surface area (Å²) in [5.41, 5.74) is 0.0735. The van der Waals surface area contributed by atoms with E-state index in [0.29, 0.717) is 0 Å². The van der Waals surface area contributed by atoms with Gasteiger partial charge in [-0.15, -0.1) is 3.89 Å². The second kappa shape index (κ2) is 5.28. The van der Waals surface area contributed by atoms with Gasteiger partial charge in [-0.1, -0.05) is 0 Å². The molecule has 2 rings (SSSR count). The van der Waals surface area contributed by atoms with Crippen molar-refractivity contribution in [2.75, 3.05) is 18.6 Å². The Morgan fingerprint density at radius 2 is 2.10 bits per heavy atom. The summed E-state index contributed by atoms with van der Waals surface area (Å²) in [6, 6.07) is 2.35. The highest BCUT2D eigenvalue weighted by molar-refractivity contribution is 9.10. The Hall–Kier alpha value is -1.22. The van der Waals surface area contributed by atoms with Gasteiger partial charge in [0, 0.05) is 19.0 Å². The zero-order chi connectivity index (χ0) is 15.1. The smallest absolute Gasteiger partial charge is 0.307 e. The van der Waals surface area contributed by atoms with Crippen LogP contribution in [-0.2, 0) is 15.0 Å². The Morgan fingerprint density at radius 1 is 1.45 bits per heavy atom. The van der Waals surface area contributed by atoms with Crippen LogP contribution >= 0.6 is 15.9 Å². The minimum absolute atomic E-state index is 0.0735. The SMILES string of the molecule is COc1cc(Br)c(F)cc1N1CC(S(=O)(=O)F)CC1=O. The number of carbonyl (C=O) groups excluding carboxylic acids is 1. The molecule has 0 N–H and O–H groups in total. The molecule has 1 amide bonds. The lowest BCUT2D eigenvalue weighted by Crippen LogP contribution is -2.27. The number of anilines is 1. The fourth-order valence-corrected chi connectivity index (χ4v) is 2.98. The average Bonchev–Trinajstić information content (AvgIpc) is 2.74. The monoisotopic (exact) mass is 369 g/mol. The van der Waals surface area contributed by atoms with Crippen molar-refractivity contribution in [1.29, 1.82) is 0 Å². The van der Waals surface area contributed by atoms with Crippen LogP contribution in [0.3, 0.4) is 0 Å². The summed E-state index contributed by atoms with van der Waals surface area (Å²) >= 11 is 2.97. The van der Waals surface area contributed by atoms with E-state index in [-0.39, 0.29) is 22.5 Å². The quantitative estimate of drug-likeness (QED) is 0.764. The number of nitrogens with zero attached hydrogens (tertiary/aromatic N) is 1. The van der Waals surface area contributed by atoms with E-state index in [2.05, 4.69) is 15.9 Å². The lowest BCUT2D eigenvalue weighted by Gasteiger charge is -2.19. The second-order valence-electron chi connectivity index (χ2n) is 4.24. The van der Waals surface area contributed by atoms with Crippen LogP contribution in [0.15, 0.2) is 16.6 Å². The van der Waals surface area contributed by atoms with Crippen molar-refractivity contribution in [3.05, 3.63) is 22.4 Å². The third kappa shape index (κ3) is 2.78. The first-order valence-corrected chi connectivity index (χ1v) is 7.75. The number of benzene rings is 1. The number of amides is 1. The van der Waals surface area contributed by atoms with E-state index in [1.807, 2.05) is 0 Å². The summed E-state index contributed by atoms with van der Waals surface area (Å²) in [5.74, 6) is -1.06. The summed E-state index contributed by atoms with van der Waals surface area (Å²) in [6.07, 6.45) is -0.473. The van der Waals surface area contributed by atoms with Crippen molar-refractivity contribution < 1.29 is 26.2 Å². The van der Waals surface area contributed by atoms with E-state index >= 15 is 0 Å². The zero-order valence-corrected chi connectivity index (χ0v) is 12.7. The number of halogens is 3. The first kappa shape index (κ1) is 15.2. The summed E-state index contributed by atoms with van der Waals surface area (Å²) in [6.45, 7) is -0.366. The van der Waals surface area contributed by atoms with Crippen LogP contribution in [0.1, 0.15) is 6.42 Å². The molecule has 0 radical (unpaired) electrons. The molecule has 1 heterocycles. The van der Waals surface area contributed by atoms with Gasteiger partial charge in [-0.2, -0.15) is 8.42 Å². The molecule has 20 heavy (non-hydrogen) atoms. The number of rotatable bonds is 3. The Morgan fingerprint density at radius 3 is 2.60 bits per heavy atom. The highest BCUT2D eigenvalue weighted by Crippen LogP contribution is 2.36. The third-order valence-corrected chi connectivity index (χ3v) is 4.72. The summed E-state index contributed by atoms with van der Waals surface area (Å²) in [5, 5.41) is -1.44. The standard InChI is InChI=1S/C11H10BrF2NO4S/c1-19-10-3-7(12)8(13)4-9(10)15-5-6(2-11(15)16)20(14,17)18/h3-4,6H,2,5H2,1H3. The normalized spacial score (nSPS) is 19.5. The van der Waals surface area contributed by atoms with Crippen molar-refractivity contribution in [1.82, 2.24) is 0 Å². The van der Waals surface area contributed by atoms with Crippen LogP contribution in [0, 0.1) is 5.82 Å². The van der Waals surface area contributed by atoms with Gasteiger partial charge in [-0.3, -0.25) is 4.79 Å². The molecule has 110 valence electrons. The van der Waals surface area contributed by atoms with Crippen molar-refractivity contribution in [3.8, 4) is 5.75 Å². The van der Waals surface area contributed by atoms with Crippen LogP contribution in [0.25, 0.3) is 0 Å².